The minimum Gasteiger partial charge on any atom is -0.488 e. The molecule has 0 unspecified atom stereocenters. The molecule has 0 spiro atoms. The molecule has 2 aromatic rings. The van der Waals surface area contributed by atoms with Crippen LogP contribution in [-0.4, -0.2) is 13.1 Å². The van der Waals surface area contributed by atoms with E-state index >= 15 is 0 Å². The lowest BCUT2D eigenvalue weighted by molar-refractivity contribution is 0.0600. The van der Waals surface area contributed by atoms with Crippen molar-refractivity contribution in [2.75, 3.05) is 7.11 Å². The second-order valence-electron chi connectivity index (χ2n) is 4.16. The van der Waals surface area contributed by atoms with Crippen molar-refractivity contribution >= 4 is 37.8 Å². The van der Waals surface area contributed by atoms with Crippen molar-refractivity contribution in [3.8, 4) is 5.75 Å². The molecule has 3 nitrogen and oxygen atoms in total. The number of benzene rings is 2. The van der Waals surface area contributed by atoms with Gasteiger partial charge in [0.1, 0.15) is 18.2 Å². The summed E-state index contributed by atoms with van der Waals surface area (Å²) in [6, 6.07) is 9.32. The van der Waals surface area contributed by atoms with Crippen molar-refractivity contribution < 1.29 is 18.7 Å². The standard InChI is InChI=1S/C15H11Br2FO3/c1-20-15(19)9-2-3-10(12(16)6-9)8-21-14-5-4-11(18)7-13(14)17/h2-7H,8H2,1H3. The van der Waals surface area contributed by atoms with Crippen molar-refractivity contribution in [1.82, 2.24) is 0 Å². The molecule has 0 amide bonds. The van der Waals surface area contributed by atoms with E-state index in [0.717, 1.165) is 10.0 Å². The Kier molecular flexibility index (Phi) is 5.36. The molecule has 0 aliphatic carbocycles. The molecular formula is C15H11Br2FO3. The van der Waals surface area contributed by atoms with Gasteiger partial charge in [0, 0.05) is 10.0 Å². The quantitative estimate of drug-likeness (QED) is 0.675. The highest BCUT2D eigenvalue weighted by molar-refractivity contribution is 9.10. The Bertz CT molecular complexity index is 674. The normalized spacial score (nSPS) is 10.3. The third-order valence-electron chi connectivity index (χ3n) is 2.75. The monoisotopic (exact) mass is 416 g/mol. The number of halogens is 3. The maximum atomic E-state index is 13.0. The van der Waals surface area contributed by atoms with Crippen LogP contribution in [0.4, 0.5) is 4.39 Å². The first kappa shape index (κ1) is 16.0. The first-order valence-electron chi connectivity index (χ1n) is 5.96. The Balaban J connectivity index is 2.11. The van der Waals surface area contributed by atoms with Gasteiger partial charge in [-0.3, -0.25) is 0 Å². The van der Waals surface area contributed by atoms with E-state index in [1.807, 2.05) is 0 Å². The summed E-state index contributed by atoms with van der Waals surface area (Å²) < 4.78 is 24.6. The van der Waals surface area contributed by atoms with Crippen LogP contribution in [0.5, 0.6) is 5.75 Å². The molecule has 0 saturated carbocycles. The Morgan fingerprint density at radius 3 is 2.52 bits per heavy atom. The molecule has 2 rings (SSSR count). The van der Waals surface area contributed by atoms with Gasteiger partial charge < -0.3 is 9.47 Å². The first-order chi connectivity index (χ1) is 10.0. The van der Waals surface area contributed by atoms with Crippen LogP contribution in [0.15, 0.2) is 45.3 Å². The van der Waals surface area contributed by atoms with Crippen LogP contribution < -0.4 is 4.74 Å². The second-order valence-corrected chi connectivity index (χ2v) is 5.87. The van der Waals surface area contributed by atoms with Crippen molar-refractivity contribution in [3.63, 3.8) is 0 Å². The fourth-order valence-electron chi connectivity index (χ4n) is 1.66. The number of rotatable bonds is 4. The summed E-state index contributed by atoms with van der Waals surface area (Å²) in [7, 11) is 1.33. The zero-order chi connectivity index (χ0) is 15.4. The number of esters is 1. The van der Waals surface area contributed by atoms with Gasteiger partial charge in [-0.25, -0.2) is 9.18 Å². The molecule has 21 heavy (non-hydrogen) atoms. The van der Waals surface area contributed by atoms with Gasteiger partial charge in [0.05, 0.1) is 17.1 Å². The van der Waals surface area contributed by atoms with E-state index in [1.165, 1.54) is 19.2 Å². The number of carbonyl (C=O) groups is 1. The molecule has 2 aromatic carbocycles. The summed E-state index contributed by atoms with van der Waals surface area (Å²) in [6.45, 7) is 0.284. The zero-order valence-corrected chi connectivity index (χ0v) is 14.2. The topological polar surface area (TPSA) is 35.5 Å². The van der Waals surface area contributed by atoms with E-state index in [9.17, 15) is 9.18 Å². The molecular weight excluding hydrogens is 407 g/mol. The smallest absolute Gasteiger partial charge is 0.337 e. The van der Waals surface area contributed by atoms with E-state index in [1.54, 1.807) is 24.3 Å². The lowest BCUT2D eigenvalue weighted by Gasteiger charge is -2.10. The van der Waals surface area contributed by atoms with E-state index in [2.05, 4.69) is 36.6 Å². The van der Waals surface area contributed by atoms with E-state index in [0.29, 0.717) is 15.8 Å². The molecule has 0 N–H and O–H groups in total. The fourth-order valence-corrected chi connectivity index (χ4v) is 2.62. The summed E-state index contributed by atoms with van der Waals surface area (Å²) in [5.41, 5.74) is 1.31. The highest BCUT2D eigenvalue weighted by Gasteiger charge is 2.10. The molecule has 0 fully saturated rings. The Labute approximate surface area is 138 Å². The van der Waals surface area contributed by atoms with Crippen molar-refractivity contribution in [3.05, 3.63) is 62.3 Å². The second kappa shape index (κ2) is 7.04. The van der Waals surface area contributed by atoms with Crippen molar-refractivity contribution in [1.29, 1.82) is 0 Å². The third kappa shape index (κ3) is 4.04. The molecule has 0 radical (unpaired) electrons. The molecule has 0 aliphatic heterocycles. The molecule has 0 bridgehead atoms. The van der Waals surface area contributed by atoms with Gasteiger partial charge in [-0.1, -0.05) is 22.0 Å². The average Bonchev–Trinajstić information content (AvgIpc) is 2.46. The minimum atomic E-state index is -0.399. The summed E-state index contributed by atoms with van der Waals surface area (Å²) in [5, 5.41) is 0. The first-order valence-corrected chi connectivity index (χ1v) is 7.54. The Hall–Kier alpha value is -1.40. The lowest BCUT2D eigenvalue weighted by Crippen LogP contribution is -2.03. The molecule has 110 valence electrons. The van der Waals surface area contributed by atoms with Crippen LogP contribution in [0.3, 0.4) is 0 Å². The number of ether oxygens (including phenoxy) is 2. The summed E-state index contributed by atoms with van der Waals surface area (Å²) >= 11 is 6.63. The predicted molar refractivity (Wildman–Crippen MR) is 83.9 cm³/mol. The number of carbonyl (C=O) groups excluding carboxylic acids is 1. The maximum absolute atomic E-state index is 13.0. The molecule has 0 aromatic heterocycles. The van der Waals surface area contributed by atoms with E-state index in [4.69, 9.17) is 4.74 Å². The number of hydrogen-bond donors (Lipinski definition) is 0. The van der Waals surface area contributed by atoms with Crippen LogP contribution in [-0.2, 0) is 11.3 Å². The zero-order valence-electron chi connectivity index (χ0n) is 11.0. The predicted octanol–water partition coefficient (Wildman–Crippen LogP) is 4.72. The van der Waals surface area contributed by atoms with Crippen LogP contribution in [0.1, 0.15) is 15.9 Å². The van der Waals surface area contributed by atoms with Crippen molar-refractivity contribution in [2.45, 2.75) is 6.61 Å². The number of methoxy groups -OCH3 is 1. The van der Waals surface area contributed by atoms with Gasteiger partial charge in [0.25, 0.3) is 0 Å². The van der Waals surface area contributed by atoms with Gasteiger partial charge in [-0.2, -0.15) is 0 Å². The van der Waals surface area contributed by atoms with E-state index < -0.39 is 5.97 Å². The van der Waals surface area contributed by atoms with Gasteiger partial charge in [0.2, 0.25) is 0 Å². The van der Waals surface area contributed by atoms with Gasteiger partial charge in [-0.05, 0) is 46.3 Å². The SMILES string of the molecule is COC(=O)c1ccc(COc2ccc(F)cc2Br)c(Br)c1. The van der Waals surface area contributed by atoms with Gasteiger partial charge >= 0.3 is 5.97 Å². The molecule has 6 heteroatoms. The number of hydrogen-bond acceptors (Lipinski definition) is 3. The average molecular weight is 418 g/mol. The lowest BCUT2D eigenvalue weighted by atomic mass is 10.1. The molecule has 0 saturated heterocycles. The highest BCUT2D eigenvalue weighted by Crippen LogP contribution is 2.27. The molecule has 0 atom stereocenters. The van der Waals surface area contributed by atoms with Crippen molar-refractivity contribution in [2.24, 2.45) is 0 Å². The highest BCUT2D eigenvalue weighted by atomic mass is 79.9. The summed E-state index contributed by atoms with van der Waals surface area (Å²) in [4.78, 5) is 11.4. The van der Waals surface area contributed by atoms with Crippen LogP contribution >= 0.6 is 31.9 Å². The Morgan fingerprint density at radius 2 is 1.90 bits per heavy atom. The molecule has 0 aliphatic rings. The van der Waals surface area contributed by atoms with Crippen LogP contribution in [0.2, 0.25) is 0 Å². The van der Waals surface area contributed by atoms with Gasteiger partial charge in [-0.15, -0.1) is 0 Å². The third-order valence-corrected chi connectivity index (χ3v) is 4.11. The Morgan fingerprint density at radius 1 is 1.14 bits per heavy atom. The van der Waals surface area contributed by atoms with E-state index in [-0.39, 0.29) is 12.4 Å². The van der Waals surface area contributed by atoms with Gasteiger partial charge in [0.15, 0.2) is 0 Å². The maximum Gasteiger partial charge on any atom is 0.337 e. The summed E-state index contributed by atoms with van der Waals surface area (Å²) in [5.74, 6) is -0.192. The van der Waals surface area contributed by atoms with Crippen LogP contribution in [0.25, 0.3) is 0 Å². The molecule has 0 heterocycles. The summed E-state index contributed by atoms with van der Waals surface area (Å²) in [6.07, 6.45) is 0. The minimum absolute atomic E-state index is 0.284. The van der Waals surface area contributed by atoms with Crippen LogP contribution in [0, 0.1) is 5.82 Å². The fraction of sp³-hybridized carbons (Fsp3) is 0.133. The largest absolute Gasteiger partial charge is 0.488 e.